The molecule has 2 N–H and O–H groups in total. The maximum absolute atomic E-state index is 11.7. The fourth-order valence-electron chi connectivity index (χ4n) is 1.42. The summed E-state index contributed by atoms with van der Waals surface area (Å²) in [6, 6.07) is 1.48. The van der Waals surface area contributed by atoms with E-state index in [4.69, 9.17) is 19.9 Å². The second-order valence-corrected chi connectivity index (χ2v) is 3.92. The van der Waals surface area contributed by atoms with Crippen molar-refractivity contribution in [3.8, 4) is 5.88 Å². The highest BCUT2D eigenvalue weighted by molar-refractivity contribution is 5.95. The van der Waals surface area contributed by atoms with Gasteiger partial charge in [-0.25, -0.2) is 9.78 Å². The zero-order valence-corrected chi connectivity index (χ0v) is 11.5. The molecule has 19 heavy (non-hydrogen) atoms. The van der Waals surface area contributed by atoms with Crippen LogP contribution in [0.3, 0.4) is 0 Å². The number of pyridine rings is 1. The van der Waals surface area contributed by atoms with Gasteiger partial charge in [-0.1, -0.05) is 0 Å². The number of anilines is 1. The van der Waals surface area contributed by atoms with Crippen molar-refractivity contribution in [2.75, 3.05) is 25.6 Å². The summed E-state index contributed by atoms with van der Waals surface area (Å²) in [5.74, 6) is -0.158. The van der Waals surface area contributed by atoms with Crippen LogP contribution >= 0.6 is 0 Å². The predicted molar refractivity (Wildman–Crippen MR) is 71.2 cm³/mol. The van der Waals surface area contributed by atoms with E-state index in [0.29, 0.717) is 19.1 Å². The number of esters is 1. The van der Waals surface area contributed by atoms with Gasteiger partial charge in [0.1, 0.15) is 6.10 Å². The number of rotatable bonds is 7. The molecule has 1 unspecified atom stereocenters. The number of aromatic nitrogens is 1. The molecular formula is C13H20N2O4. The van der Waals surface area contributed by atoms with Crippen molar-refractivity contribution in [3.05, 3.63) is 17.8 Å². The molecule has 0 aliphatic heterocycles. The monoisotopic (exact) mass is 268 g/mol. The van der Waals surface area contributed by atoms with E-state index in [2.05, 4.69) is 4.98 Å². The Hall–Kier alpha value is -1.82. The molecule has 0 aromatic carbocycles. The number of nitrogens with zero attached hydrogens (tertiary/aromatic N) is 1. The van der Waals surface area contributed by atoms with Crippen molar-refractivity contribution in [2.45, 2.75) is 26.9 Å². The van der Waals surface area contributed by atoms with Crippen molar-refractivity contribution in [2.24, 2.45) is 0 Å². The van der Waals surface area contributed by atoms with Gasteiger partial charge in [-0.2, -0.15) is 0 Å². The van der Waals surface area contributed by atoms with Gasteiger partial charge in [-0.3, -0.25) is 0 Å². The third-order valence-corrected chi connectivity index (χ3v) is 2.28. The fraction of sp³-hybridized carbons (Fsp3) is 0.538. The summed E-state index contributed by atoms with van der Waals surface area (Å²) in [5, 5.41) is 0. The normalized spacial score (nSPS) is 11.9. The Kier molecular flexibility index (Phi) is 6.08. The summed E-state index contributed by atoms with van der Waals surface area (Å²) in [5.41, 5.74) is 6.21. The molecule has 0 spiro atoms. The summed E-state index contributed by atoms with van der Waals surface area (Å²) >= 11 is 0. The highest BCUT2D eigenvalue weighted by atomic mass is 16.5. The number of hydrogen-bond acceptors (Lipinski definition) is 6. The summed E-state index contributed by atoms with van der Waals surface area (Å²) in [6.07, 6.45) is 1.22. The van der Waals surface area contributed by atoms with Gasteiger partial charge in [0.2, 0.25) is 5.88 Å². The maximum atomic E-state index is 11.7. The van der Waals surface area contributed by atoms with Gasteiger partial charge in [-0.15, -0.1) is 0 Å². The second kappa shape index (κ2) is 7.58. The number of nitrogens with two attached hydrogens (primary N) is 1. The van der Waals surface area contributed by atoms with E-state index in [1.165, 1.54) is 12.3 Å². The zero-order valence-electron chi connectivity index (χ0n) is 11.5. The Morgan fingerprint density at radius 2 is 2.16 bits per heavy atom. The smallest absolute Gasteiger partial charge is 0.340 e. The summed E-state index contributed by atoms with van der Waals surface area (Å²) in [7, 11) is 0. The summed E-state index contributed by atoms with van der Waals surface area (Å²) < 4.78 is 15.7. The van der Waals surface area contributed by atoms with Gasteiger partial charge in [0.05, 0.1) is 30.7 Å². The van der Waals surface area contributed by atoms with Crippen LogP contribution in [0.15, 0.2) is 12.3 Å². The Balaban J connectivity index is 2.75. The molecule has 1 aromatic rings. The summed E-state index contributed by atoms with van der Waals surface area (Å²) in [6.45, 7) is 6.87. The topological polar surface area (TPSA) is 83.7 Å². The Labute approximate surface area is 112 Å². The molecule has 1 aromatic heterocycles. The number of nitrogen functional groups attached to an aromatic ring is 1. The van der Waals surface area contributed by atoms with Crippen LogP contribution in [-0.2, 0) is 9.47 Å². The highest BCUT2D eigenvalue weighted by Crippen LogP contribution is 2.18. The quantitative estimate of drug-likeness (QED) is 0.757. The zero-order chi connectivity index (χ0) is 14.3. The van der Waals surface area contributed by atoms with E-state index in [1.54, 1.807) is 6.92 Å². The number of ether oxygens (including phenoxy) is 3. The van der Waals surface area contributed by atoms with Crippen LogP contribution in [0.5, 0.6) is 5.88 Å². The van der Waals surface area contributed by atoms with Gasteiger partial charge in [0, 0.05) is 12.7 Å². The molecule has 106 valence electrons. The lowest BCUT2D eigenvalue weighted by atomic mass is 10.2. The lowest BCUT2D eigenvalue weighted by Crippen LogP contribution is -2.20. The van der Waals surface area contributed by atoms with Crippen molar-refractivity contribution in [1.82, 2.24) is 4.98 Å². The van der Waals surface area contributed by atoms with Gasteiger partial charge in [0.25, 0.3) is 0 Å². The maximum Gasteiger partial charge on any atom is 0.340 e. The Morgan fingerprint density at radius 3 is 2.79 bits per heavy atom. The first-order valence-corrected chi connectivity index (χ1v) is 6.25. The van der Waals surface area contributed by atoms with Crippen LogP contribution in [-0.4, -0.2) is 36.9 Å². The third kappa shape index (κ3) is 4.75. The van der Waals surface area contributed by atoms with Gasteiger partial charge >= 0.3 is 5.97 Å². The second-order valence-electron chi connectivity index (χ2n) is 3.92. The van der Waals surface area contributed by atoms with E-state index in [9.17, 15) is 4.79 Å². The van der Waals surface area contributed by atoms with E-state index < -0.39 is 5.97 Å². The predicted octanol–water partition coefficient (Wildman–Crippen LogP) is 1.64. The Bertz CT molecular complexity index is 423. The summed E-state index contributed by atoms with van der Waals surface area (Å²) in [4.78, 5) is 15.7. The number of hydrogen-bond donors (Lipinski definition) is 1. The lowest BCUT2D eigenvalue weighted by Gasteiger charge is -2.14. The average Bonchev–Trinajstić information content (AvgIpc) is 2.39. The molecule has 1 rings (SSSR count). The molecule has 6 nitrogen and oxygen atoms in total. The number of carbonyl (C=O) groups is 1. The van der Waals surface area contributed by atoms with Gasteiger partial charge in [-0.05, 0) is 20.8 Å². The first kappa shape index (κ1) is 15.2. The van der Waals surface area contributed by atoms with Crippen LogP contribution in [0.2, 0.25) is 0 Å². The largest absolute Gasteiger partial charge is 0.472 e. The molecule has 1 atom stereocenters. The van der Waals surface area contributed by atoms with Crippen LogP contribution in [0, 0.1) is 0 Å². The fourth-order valence-corrected chi connectivity index (χ4v) is 1.42. The van der Waals surface area contributed by atoms with Crippen LogP contribution in [0.1, 0.15) is 31.1 Å². The average molecular weight is 268 g/mol. The molecular weight excluding hydrogens is 248 g/mol. The minimum absolute atomic E-state index is 0.161. The molecule has 0 aliphatic carbocycles. The van der Waals surface area contributed by atoms with Gasteiger partial charge in [0.15, 0.2) is 0 Å². The first-order valence-electron chi connectivity index (χ1n) is 6.25. The van der Waals surface area contributed by atoms with Crippen molar-refractivity contribution in [3.63, 3.8) is 0 Å². The molecule has 0 saturated heterocycles. The lowest BCUT2D eigenvalue weighted by molar-refractivity contribution is 0.0523. The van der Waals surface area contributed by atoms with E-state index in [1.807, 2.05) is 13.8 Å². The van der Waals surface area contributed by atoms with E-state index in [0.717, 1.165) is 0 Å². The van der Waals surface area contributed by atoms with Gasteiger partial charge < -0.3 is 19.9 Å². The first-order chi connectivity index (χ1) is 9.08. The molecule has 0 fully saturated rings. The van der Waals surface area contributed by atoms with E-state index >= 15 is 0 Å². The number of carbonyl (C=O) groups excluding carboxylic acids is 1. The third-order valence-electron chi connectivity index (χ3n) is 2.28. The Morgan fingerprint density at radius 1 is 1.42 bits per heavy atom. The molecule has 0 radical (unpaired) electrons. The minimum Gasteiger partial charge on any atom is -0.472 e. The minimum atomic E-state index is -0.482. The standard InChI is InChI=1S/C13H20N2O4/c1-4-17-8-9(3)19-12-6-10(11(14)7-15-12)13(16)18-5-2/h6-7,9H,4-5,8,14H2,1-3H3. The molecule has 0 amide bonds. The van der Waals surface area contributed by atoms with Crippen LogP contribution in [0.25, 0.3) is 0 Å². The highest BCUT2D eigenvalue weighted by Gasteiger charge is 2.14. The van der Waals surface area contributed by atoms with E-state index in [-0.39, 0.29) is 24.0 Å². The molecule has 6 heteroatoms. The van der Waals surface area contributed by atoms with Crippen molar-refractivity contribution >= 4 is 11.7 Å². The van der Waals surface area contributed by atoms with Crippen molar-refractivity contribution in [1.29, 1.82) is 0 Å². The van der Waals surface area contributed by atoms with Crippen LogP contribution < -0.4 is 10.5 Å². The molecule has 0 bridgehead atoms. The molecule has 0 aliphatic rings. The SMILES string of the molecule is CCOCC(C)Oc1cc(C(=O)OCC)c(N)cn1. The van der Waals surface area contributed by atoms with Crippen LogP contribution in [0.4, 0.5) is 5.69 Å². The van der Waals surface area contributed by atoms with Crippen molar-refractivity contribution < 1.29 is 19.0 Å². The molecule has 1 heterocycles. The molecule has 0 saturated carbocycles.